The van der Waals surface area contributed by atoms with Gasteiger partial charge in [0.05, 0.1) is 23.4 Å². The SMILES string of the molecule is CCCCCCCCS(=O)(=O)Nc1ccc(Br)cc1C(=O)C(=O)CCCCCC(CC(=O)OC(C)(C)C)=NC(=O)OC(C)(C)C. The van der Waals surface area contributed by atoms with Crippen LogP contribution in [0.25, 0.3) is 0 Å². The number of hydrogen-bond acceptors (Lipinski definition) is 8. The van der Waals surface area contributed by atoms with Crippen LogP contribution in [0.4, 0.5) is 10.5 Å². The number of sulfonamides is 1. The van der Waals surface area contributed by atoms with Crippen LogP contribution in [0, 0.1) is 0 Å². The average molecular weight is 716 g/mol. The first-order valence-electron chi connectivity index (χ1n) is 15.7. The van der Waals surface area contributed by atoms with Gasteiger partial charge in [0.15, 0.2) is 0 Å². The summed E-state index contributed by atoms with van der Waals surface area (Å²) in [6.45, 7) is 12.5. The van der Waals surface area contributed by atoms with E-state index in [1.807, 2.05) is 0 Å². The number of benzene rings is 1. The Labute approximate surface area is 277 Å². The summed E-state index contributed by atoms with van der Waals surface area (Å²) in [6, 6.07) is 4.52. The summed E-state index contributed by atoms with van der Waals surface area (Å²) in [5, 5.41) is 0. The fourth-order valence-corrected chi connectivity index (χ4v) is 5.84. The van der Waals surface area contributed by atoms with E-state index >= 15 is 0 Å². The van der Waals surface area contributed by atoms with Gasteiger partial charge in [0.1, 0.15) is 11.2 Å². The van der Waals surface area contributed by atoms with Crippen LogP contribution < -0.4 is 4.72 Å². The number of ether oxygens (including phenoxy) is 2. The van der Waals surface area contributed by atoms with Crippen molar-refractivity contribution in [2.24, 2.45) is 4.99 Å². The number of aliphatic imine (C=N–C) groups is 1. The van der Waals surface area contributed by atoms with Crippen molar-refractivity contribution >= 4 is 61.0 Å². The van der Waals surface area contributed by atoms with Crippen molar-refractivity contribution < 1.29 is 37.1 Å². The summed E-state index contributed by atoms with van der Waals surface area (Å²) in [4.78, 5) is 54.6. The van der Waals surface area contributed by atoms with Crippen LogP contribution in [0.2, 0.25) is 0 Å². The molecule has 1 aromatic carbocycles. The molecule has 0 atom stereocenters. The normalized spacial score (nSPS) is 12.5. The summed E-state index contributed by atoms with van der Waals surface area (Å²) in [6.07, 6.45) is 6.31. The topological polar surface area (TPSA) is 145 Å². The van der Waals surface area contributed by atoms with Gasteiger partial charge in [-0.3, -0.25) is 19.1 Å². The number of nitrogens with one attached hydrogen (secondary N) is 1. The number of rotatable bonds is 19. The smallest absolute Gasteiger partial charge is 0.434 e. The Morgan fingerprint density at radius 3 is 2.02 bits per heavy atom. The highest BCUT2D eigenvalue weighted by Gasteiger charge is 2.23. The van der Waals surface area contributed by atoms with Crippen LogP contribution in [0.1, 0.15) is 136 Å². The van der Waals surface area contributed by atoms with Crippen LogP contribution in [0.5, 0.6) is 0 Å². The lowest BCUT2D eigenvalue weighted by Gasteiger charge is -2.20. The standard InChI is InChI=1S/C33H51BrN2O8S/c1-8-9-10-11-12-16-21-45(41,42)36-27-20-19-24(34)22-26(27)30(39)28(37)18-15-13-14-17-25(23-29(38)43-32(2,3)4)35-31(40)44-33(5,6)7/h19-20,22,36H,8-18,21,23H2,1-7H3. The minimum absolute atomic E-state index is 0.00923. The van der Waals surface area contributed by atoms with E-state index in [0.717, 1.165) is 32.1 Å². The Hall–Kier alpha value is -2.60. The third-order valence-electron chi connectivity index (χ3n) is 6.29. The summed E-state index contributed by atoms with van der Waals surface area (Å²) in [7, 11) is -3.70. The molecule has 0 saturated carbocycles. The van der Waals surface area contributed by atoms with Gasteiger partial charge >= 0.3 is 12.1 Å². The maximum Gasteiger partial charge on any atom is 0.434 e. The number of unbranched alkanes of at least 4 members (excludes halogenated alkanes) is 7. The summed E-state index contributed by atoms with van der Waals surface area (Å²) in [5.74, 6) is -1.99. The van der Waals surface area contributed by atoms with E-state index in [9.17, 15) is 27.6 Å². The summed E-state index contributed by atoms with van der Waals surface area (Å²) >= 11 is 3.30. The first kappa shape index (κ1) is 40.4. The third-order valence-corrected chi connectivity index (χ3v) is 8.14. The Morgan fingerprint density at radius 1 is 0.822 bits per heavy atom. The van der Waals surface area contributed by atoms with Gasteiger partial charge in [-0.25, -0.2) is 13.2 Å². The summed E-state index contributed by atoms with van der Waals surface area (Å²) in [5.41, 5.74) is -1.06. The van der Waals surface area contributed by atoms with Gasteiger partial charge in [0, 0.05) is 16.6 Å². The van der Waals surface area contributed by atoms with Crippen LogP contribution in [-0.2, 0) is 29.1 Å². The Balaban J connectivity index is 2.77. The fourth-order valence-electron chi connectivity index (χ4n) is 4.28. The molecule has 0 heterocycles. The molecule has 0 radical (unpaired) electrons. The number of carbonyl (C=O) groups is 4. The zero-order chi connectivity index (χ0) is 34.3. The highest BCUT2D eigenvalue weighted by Crippen LogP contribution is 2.24. The number of ketones is 2. The van der Waals surface area contributed by atoms with E-state index < -0.39 is 44.9 Å². The van der Waals surface area contributed by atoms with Crippen molar-refractivity contribution in [3.8, 4) is 0 Å². The number of esters is 1. The quantitative estimate of drug-likeness (QED) is 0.0495. The minimum atomic E-state index is -3.70. The maximum atomic E-state index is 13.1. The predicted molar refractivity (Wildman–Crippen MR) is 181 cm³/mol. The molecule has 12 heteroatoms. The van der Waals surface area contributed by atoms with E-state index in [1.54, 1.807) is 47.6 Å². The number of amides is 1. The molecule has 0 bridgehead atoms. The highest BCUT2D eigenvalue weighted by molar-refractivity contribution is 9.10. The molecule has 1 rings (SSSR count). The molecule has 1 amide bonds. The van der Waals surface area contributed by atoms with Gasteiger partial charge in [-0.05, 0) is 85.4 Å². The van der Waals surface area contributed by atoms with Crippen molar-refractivity contribution in [2.75, 3.05) is 10.5 Å². The van der Waals surface area contributed by atoms with Crippen molar-refractivity contribution in [3.63, 3.8) is 0 Å². The first-order valence-corrected chi connectivity index (χ1v) is 18.1. The Morgan fingerprint density at radius 2 is 1.40 bits per heavy atom. The van der Waals surface area contributed by atoms with Crippen molar-refractivity contribution in [1.29, 1.82) is 0 Å². The van der Waals surface area contributed by atoms with E-state index in [-0.39, 0.29) is 29.8 Å². The van der Waals surface area contributed by atoms with Gasteiger partial charge in [-0.15, -0.1) is 0 Å². The van der Waals surface area contributed by atoms with Crippen LogP contribution in [0.15, 0.2) is 27.7 Å². The zero-order valence-electron chi connectivity index (χ0n) is 27.9. The van der Waals surface area contributed by atoms with Crippen molar-refractivity contribution in [2.45, 2.75) is 137 Å². The second-order valence-corrected chi connectivity index (χ2v) is 15.9. The largest absolute Gasteiger partial charge is 0.460 e. The zero-order valence-corrected chi connectivity index (χ0v) is 30.3. The lowest BCUT2D eigenvalue weighted by Crippen LogP contribution is -2.26. The van der Waals surface area contributed by atoms with Crippen LogP contribution >= 0.6 is 15.9 Å². The second-order valence-electron chi connectivity index (χ2n) is 13.1. The van der Waals surface area contributed by atoms with Crippen LogP contribution in [0.3, 0.4) is 0 Å². The molecule has 254 valence electrons. The second kappa shape index (κ2) is 19.2. The van der Waals surface area contributed by atoms with Crippen molar-refractivity contribution in [3.05, 3.63) is 28.2 Å². The Bertz CT molecular complexity index is 1290. The molecule has 45 heavy (non-hydrogen) atoms. The lowest BCUT2D eigenvalue weighted by atomic mass is 10.0. The monoisotopic (exact) mass is 714 g/mol. The molecule has 0 aliphatic rings. The number of nitrogens with zero attached hydrogens (tertiary/aromatic N) is 1. The fraction of sp³-hybridized carbons (Fsp3) is 0.667. The number of carbonyl (C=O) groups excluding carboxylic acids is 4. The lowest BCUT2D eigenvalue weighted by molar-refractivity contribution is -0.153. The van der Waals surface area contributed by atoms with Gasteiger partial charge < -0.3 is 9.47 Å². The summed E-state index contributed by atoms with van der Waals surface area (Å²) < 4.78 is 39.1. The molecule has 0 aliphatic heterocycles. The molecule has 1 N–H and O–H groups in total. The third kappa shape index (κ3) is 18.8. The molecular formula is C33H51BrN2O8S. The maximum absolute atomic E-state index is 13.1. The number of anilines is 1. The average Bonchev–Trinajstić information content (AvgIpc) is 2.88. The minimum Gasteiger partial charge on any atom is -0.460 e. The molecular weight excluding hydrogens is 664 g/mol. The van der Waals surface area contributed by atoms with Gasteiger partial charge in [0.25, 0.3) is 0 Å². The van der Waals surface area contributed by atoms with Crippen molar-refractivity contribution in [1.82, 2.24) is 0 Å². The van der Waals surface area contributed by atoms with E-state index in [0.29, 0.717) is 42.3 Å². The Kier molecular flexibility index (Phi) is 17.2. The number of halogens is 1. The highest BCUT2D eigenvalue weighted by atomic mass is 79.9. The van der Waals surface area contributed by atoms with Gasteiger partial charge in [-0.2, -0.15) is 4.99 Å². The van der Waals surface area contributed by atoms with Gasteiger partial charge in [-0.1, -0.05) is 61.4 Å². The molecule has 0 aromatic heterocycles. The molecule has 10 nitrogen and oxygen atoms in total. The molecule has 0 fully saturated rings. The first-order chi connectivity index (χ1) is 20.8. The molecule has 0 spiro atoms. The van der Waals surface area contributed by atoms with E-state index in [2.05, 4.69) is 32.6 Å². The van der Waals surface area contributed by atoms with Gasteiger partial charge in [0.2, 0.25) is 21.6 Å². The van der Waals surface area contributed by atoms with E-state index in [1.165, 1.54) is 12.1 Å². The number of hydrogen-bond donors (Lipinski definition) is 1. The predicted octanol–water partition coefficient (Wildman–Crippen LogP) is 8.36. The molecule has 0 saturated heterocycles. The molecule has 0 aliphatic carbocycles. The molecule has 1 aromatic rings. The molecule has 0 unspecified atom stereocenters. The van der Waals surface area contributed by atoms with E-state index in [4.69, 9.17) is 9.47 Å². The number of Topliss-reactive ketones (excluding diaryl/α,β-unsaturated/α-hetero) is 2. The van der Waals surface area contributed by atoms with Crippen LogP contribution in [-0.4, -0.2) is 54.7 Å².